The van der Waals surface area contributed by atoms with Gasteiger partial charge < -0.3 is 0 Å². The average Bonchev–Trinajstić information content (AvgIpc) is 2.91. The Bertz CT molecular complexity index is 642. The summed E-state index contributed by atoms with van der Waals surface area (Å²) in [5.74, 6) is 0.364. The smallest absolute Gasteiger partial charge is 0.273 e. The van der Waals surface area contributed by atoms with Crippen LogP contribution >= 0.6 is 34.7 Å². The van der Waals surface area contributed by atoms with Crippen molar-refractivity contribution in [2.45, 2.75) is 6.54 Å². The van der Waals surface area contributed by atoms with Crippen molar-refractivity contribution in [3.05, 3.63) is 22.4 Å². The van der Waals surface area contributed by atoms with Crippen LogP contribution in [0.15, 0.2) is 11.4 Å². The Labute approximate surface area is 115 Å². The normalized spacial score (nSPS) is 15.9. The molecule has 0 aromatic carbocycles. The molecule has 0 spiro atoms. The average molecular weight is 300 g/mol. The Morgan fingerprint density at radius 3 is 2.94 bits per heavy atom. The van der Waals surface area contributed by atoms with Crippen LogP contribution in [-0.2, 0) is 11.3 Å². The van der Waals surface area contributed by atoms with Gasteiger partial charge in [0, 0.05) is 5.39 Å². The van der Waals surface area contributed by atoms with Gasteiger partial charge in [-0.05, 0) is 11.4 Å². The molecule has 3 heterocycles. The second-order valence-corrected chi connectivity index (χ2v) is 5.78. The molecule has 1 fully saturated rings. The number of rotatable bonds is 2. The third-order valence-electron chi connectivity index (χ3n) is 2.46. The molecule has 2 aromatic heterocycles. The molecule has 18 heavy (non-hydrogen) atoms. The largest absolute Gasteiger partial charge is 0.289 e. The summed E-state index contributed by atoms with van der Waals surface area (Å²) < 4.78 is 0. The lowest BCUT2D eigenvalue weighted by Crippen LogP contribution is -2.28. The van der Waals surface area contributed by atoms with Gasteiger partial charge in [0.1, 0.15) is 9.98 Å². The molecule has 0 saturated carbocycles. The van der Waals surface area contributed by atoms with E-state index in [0.717, 1.165) is 26.9 Å². The van der Waals surface area contributed by atoms with E-state index in [0.29, 0.717) is 11.0 Å². The number of imide groups is 1. The number of hydrogen-bond donors (Lipinski definition) is 0. The Balaban J connectivity index is 1.95. The minimum Gasteiger partial charge on any atom is -0.273 e. The summed E-state index contributed by atoms with van der Waals surface area (Å²) in [5.41, 5.74) is 0. The maximum absolute atomic E-state index is 11.5. The summed E-state index contributed by atoms with van der Waals surface area (Å²) in [6, 6.07) is 1.84. The molecule has 1 saturated heterocycles. The molecule has 92 valence electrons. The second-order valence-electron chi connectivity index (χ2n) is 3.60. The molecule has 0 atom stereocenters. The van der Waals surface area contributed by atoms with E-state index in [1.165, 1.54) is 11.3 Å². The van der Waals surface area contributed by atoms with Crippen molar-refractivity contribution in [3.63, 3.8) is 0 Å². The summed E-state index contributed by atoms with van der Waals surface area (Å²) in [4.78, 5) is 33.3. The predicted molar refractivity (Wildman–Crippen MR) is 70.8 cm³/mol. The Kier molecular flexibility index (Phi) is 2.96. The van der Waals surface area contributed by atoms with Crippen molar-refractivity contribution in [2.24, 2.45) is 0 Å². The number of thioether (sulfide) groups is 1. The number of carbonyl (C=O) groups is 2. The van der Waals surface area contributed by atoms with Crippen LogP contribution in [-0.4, -0.2) is 31.8 Å². The Morgan fingerprint density at radius 2 is 2.22 bits per heavy atom. The summed E-state index contributed by atoms with van der Waals surface area (Å²) >= 11 is 8.46. The summed E-state index contributed by atoms with van der Waals surface area (Å²) in [6.45, 7) is 0.0816. The van der Waals surface area contributed by atoms with E-state index in [2.05, 4.69) is 9.97 Å². The summed E-state index contributed by atoms with van der Waals surface area (Å²) in [7, 11) is 0. The lowest BCUT2D eigenvalue weighted by atomic mass is 10.4. The van der Waals surface area contributed by atoms with Crippen molar-refractivity contribution in [1.82, 2.24) is 14.9 Å². The van der Waals surface area contributed by atoms with Gasteiger partial charge in [0.2, 0.25) is 5.91 Å². The topological polar surface area (TPSA) is 63.2 Å². The van der Waals surface area contributed by atoms with Crippen LogP contribution in [0.3, 0.4) is 0 Å². The highest BCUT2D eigenvalue weighted by atomic mass is 35.5. The molecule has 2 aromatic rings. The fourth-order valence-electron chi connectivity index (χ4n) is 1.61. The molecule has 0 radical (unpaired) electrons. The molecule has 8 heteroatoms. The number of nitrogens with zero attached hydrogens (tertiary/aromatic N) is 3. The summed E-state index contributed by atoms with van der Waals surface area (Å²) in [6.07, 6.45) is 0. The lowest BCUT2D eigenvalue weighted by Gasteiger charge is -2.11. The van der Waals surface area contributed by atoms with Crippen LogP contribution in [0.25, 0.3) is 10.2 Å². The second kappa shape index (κ2) is 4.49. The molecule has 2 amide bonds. The zero-order chi connectivity index (χ0) is 12.7. The molecule has 0 unspecified atom stereocenters. The third kappa shape index (κ3) is 1.98. The van der Waals surface area contributed by atoms with E-state index in [4.69, 9.17) is 11.6 Å². The molecule has 0 N–H and O–H groups in total. The maximum atomic E-state index is 11.5. The van der Waals surface area contributed by atoms with Crippen LogP contribution in [0.1, 0.15) is 5.82 Å². The van der Waals surface area contributed by atoms with Gasteiger partial charge in [-0.2, -0.15) is 0 Å². The van der Waals surface area contributed by atoms with Crippen LogP contribution in [0.4, 0.5) is 4.79 Å². The van der Waals surface area contributed by atoms with Gasteiger partial charge in [-0.1, -0.05) is 23.4 Å². The van der Waals surface area contributed by atoms with E-state index in [-0.39, 0.29) is 23.4 Å². The number of carbonyl (C=O) groups excluding carboxylic acids is 2. The van der Waals surface area contributed by atoms with Crippen LogP contribution < -0.4 is 0 Å². The van der Waals surface area contributed by atoms with E-state index in [1.54, 1.807) is 0 Å². The molecular weight excluding hydrogens is 294 g/mol. The molecular formula is C10H6ClN3O2S2. The van der Waals surface area contributed by atoms with E-state index < -0.39 is 0 Å². The van der Waals surface area contributed by atoms with Crippen LogP contribution in [0, 0.1) is 0 Å². The van der Waals surface area contributed by atoms with Gasteiger partial charge in [-0.25, -0.2) is 9.97 Å². The number of thiophene rings is 1. The fourth-order valence-corrected chi connectivity index (χ4v) is 3.42. The van der Waals surface area contributed by atoms with Gasteiger partial charge >= 0.3 is 0 Å². The zero-order valence-corrected chi connectivity index (χ0v) is 11.3. The third-order valence-corrected chi connectivity index (χ3v) is 4.42. The van der Waals surface area contributed by atoms with Gasteiger partial charge in [-0.3, -0.25) is 14.5 Å². The zero-order valence-electron chi connectivity index (χ0n) is 8.92. The Hall–Kier alpha value is -1.18. The van der Waals surface area contributed by atoms with Crippen molar-refractivity contribution in [3.8, 4) is 0 Å². The monoisotopic (exact) mass is 299 g/mol. The maximum Gasteiger partial charge on any atom is 0.289 e. The minimum absolute atomic E-state index is 0.0816. The first kappa shape index (κ1) is 11.9. The quantitative estimate of drug-likeness (QED) is 0.797. The van der Waals surface area contributed by atoms with Gasteiger partial charge in [-0.15, -0.1) is 11.3 Å². The van der Waals surface area contributed by atoms with Crippen LogP contribution in [0.5, 0.6) is 0 Å². The van der Waals surface area contributed by atoms with E-state index in [9.17, 15) is 9.59 Å². The molecule has 0 aliphatic carbocycles. The van der Waals surface area contributed by atoms with Crippen molar-refractivity contribution >= 4 is 56.1 Å². The van der Waals surface area contributed by atoms with Crippen molar-refractivity contribution in [2.75, 3.05) is 5.75 Å². The first-order valence-electron chi connectivity index (χ1n) is 5.02. The minimum atomic E-state index is -0.258. The number of hydrogen-bond acceptors (Lipinski definition) is 6. The fraction of sp³-hybridized carbons (Fsp3) is 0.200. The molecule has 1 aliphatic heterocycles. The lowest BCUT2D eigenvalue weighted by molar-refractivity contribution is -0.125. The van der Waals surface area contributed by atoms with Gasteiger partial charge in [0.25, 0.3) is 5.24 Å². The van der Waals surface area contributed by atoms with Crippen LogP contribution in [0.2, 0.25) is 5.15 Å². The number of halogens is 1. The van der Waals surface area contributed by atoms with E-state index in [1.807, 2.05) is 11.4 Å². The standard InChI is InChI=1S/C10H6ClN3O2S2/c11-8-5-1-2-17-9(5)13-6(12-8)3-14-7(15)4-18-10(14)16/h1-2H,3-4H2. The van der Waals surface area contributed by atoms with Gasteiger partial charge in [0.15, 0.2) is 5.82 Å². The first-order chi connectivity index (χ1) is 8.65. The number of fused-ring (bicyclic) bond motifs is 1. The van der Waals surface area contributed by atoms with Crippen molar-refractivity contribution in [1.29, 1.82) is 0 Å². The number of amides is 2. The summed E-state index contributed by atoms with van der Waals surface area (Å²) in [5, 5.41) is 2.75. The van der Waals surface area contributed by atoms with E-state index >= 15 is 0 Å². The van der Waals surface area contributed by atoms with Gasteiger partial charge in [0.05, 0.1) is 12.3 Å². The Morgan fingerprint density at radius 1 is 1.39 bits per heavy atom. The highest BCUT2D eigenvalue weighted by Crippen LogP contribution is 2.26. The molecule has 1 aliphatic rings. The highest BCUT2D eigenvalue weighted by Gasteiger charge is 2.30. The first-order valence-corrected chi connectivity index (χ1v) is 7.26. The molecule has 0 bridgehead atoms. The SMILES string of the molecule is O=C1CSC(=O)N1Cc1nc(Cl)c2ccsc2n1. The molecule has 5 nitrogen and oxygen atoms in total. The van der Waals surface area contributed by atoms with Crippen molar-refractivity contribution < 1.29 is 9.59 Å². The predicted octanol–water partition coefficient (Wildman–Crippen LogP) is 2.54. The highest BCUT2D eigenvalue weighted by molar-refractivity contribution is 8.14. The number of aromatic nitrogens is 2. The molecule has 3 rings (SSSR count).